The molecule has 0 bridgehead atoms. The van der Waals surface area contributed by atoms with Gasteiger partial charge in [0.05, 0.1) is 40.5 Å². The summed E-state index contributed by atoms with van der Waals surface area (Å²) in [6.07, 6.45) is 3.66. The van der Waals surface area contributed by atoms with Gasteiger partial charge in [0.25, 0.3) is 0 Å². The summed E-state index contributed by atoms with van der Waals surface area (Å²) in [5.74, 6) is -3.01. The first-order valence-electron chi connectivity index (χ1n) is 15.9. The van der Waals surface area contributed by atoms with Crippen molar-refractivity contribution in [1.29, 1.82) is 5.26 Å². The fraction of sp³-hybridized carbons (Fsp3) is 0.278. The molecule has 0 amide bonds. The second-order valence-electron chi connectivity index (χ2n) is 11.8. The Balaban J connectivity index is 1.28. The number of esters is 1. The van der Waals surface area contributed by atoms with Crippen LogP contribution >= 0.6 is 11.3 Å². The molecule has 5 aromatic rings. The molecule has 256 valence electrons. The number of hydrogen-bond donors (Lipinski definition) is 1. The number of nitrogens with zero attached hydrogens (tertiary/aromatic N) is 6. The quantitative estimate of drug-likeness (QED) is 0.0991. The molecule has 14 heteroatoms. The lowest BCUT2D eigenvalue weighted by molar-refractivity contribution is -0.148. The highest BCUT2D eigenvalue weighted by Crippen LogP contribution is 2.44. The first-order chi connectivity index (χ1) is 24.3. The smallest absolute Gasteiger partial charge is 0.340 e. The van der Waals surface area contributed by atoms with Gasteiger partial charge in [-0.3, -0.25) is 4.90 Å². The fourth-order valence-corrected chi connectivity index (χ4v) is 7.02. The molecule has 6 rings (SSSR count). The van der Waals surface area contributed by atoms with Crippen molar-refractivity contribution in [3.05, 3.63) is 124 Å². The van der Waals surface area contributed by atoms with Crippen molar-refractivity contribution in [3.63, 3.8) is 0 Å². The van der Waals surface area contributed by atoms with Gasteiger partial charge in [0.1, 0.15) is 36.2 Å². The lowest BCUT2D eigenvalue weighted by Crippen LogP contribution is -2.45. The second-order valence-corrected chi connectivity index (χ2v) is 12.7. The van der Waals surface area contributed by atoms with Gasteiger partial charge >= 0.3 is 5.97 Å². The maximum absolute atomic E-state index is 15.8. The number of piperazine rings is 1. The number of aromatic nitrogens is 4. The molecule has 1 unspecified atom stereocenters. The molecule has 0 radical (unpaired) electrons. The van der Waals surface area contributed by atoms with E-state index in [0.29, 0.717) is 16.3 Å². The molecule has 2 aromatic heterocycles. The maximum Gasteiger partial charge on any atom is 0.340 e. The first kappa shape index (κ1) is 34.7. The van der Waals surface area contributed by atoms with Gasteiger partial charge in [-0.1, -0.05) is 37.3 Å². The predicted molar refractivity (Wildman–Crippen MR) is 180 cm³/mol. The zero-order valence-corrected chi connectivity index (χ0v) is 27.9. The van der Waals surface area contributed by atoms with Crippen LogP contribution in [0.25, 0.3) is 11.3 Å². The van der Waals surface area contributed by atoms with Crippen LogP contribution in [-0.2, 0) is 26.4 Å². The number of halogens is 2. The van der Waals surface area contributed by atoms with E-state index in [2.05, 4.69) is 26.4 Å². The third kappa shape index (κ3) is 7.51. The molecule has 1 aliphatic heterocycles. The Morgan fingerprint density at radius 3 is 2.54 bits per heavy atom. The zero-order chi connectivity index (χ0) is 35.1. The Labute approximate surface area is 291 Å². The van der Waals surface area contributed by atoms with Gasteiger partial charge < -0.3 is 19.6 Å². The van der Waals surface area contributed by atoms with E-state index >= 15 is 4.39 Å². The van der Waals surface area contributed by atoms with Crippen LogP contribution in [0.5, 0.6) is 0 Å². The number of carbonyl (C=O) groups excluding carboxylic acids is 2. The van der Waals surface area contributed by atoms with Crippen molar-refractivity contribution >= 4 is 23.6 Å². The van der Waals surface area contributed by atoms with Crippen molar-refractivity contribution in [2.45, 2.75) is 31.0 Å². The van der Waals surface area contributed by atoms with Crippen LogP contribution in [0.1, 0.15) is 50.9 Å². The average molecular weight is 698 g/mol. The van der Waals surface area contributed by atoms with Gasteiger partial charge in [-0.25, -0.2) is 28.2 Å². The number of aldehydes is 1. The number of nitriles is 1. The van der Waals surface area contributed by atoms with Crippen LogP contribution < -0.4 is 5.32 Å². The van der Waals surface area contributed by atoms with E-state index in [4.69, 9.17) is 14.5 Å². The van der Waals surface area contributed by atoms with Crippen molar-refractivity contribution in [3.8, 4) is 17.3 Å². The number of ether oxygens (including phenoxy) is 2. The minimum atomic E-state index is -1.62. The highest BCUT2D eigenvalue weighted by Gasteiger charge is 2.45. The number of carbonyl (C=O) groups is 2. The van der Waals surface area contributed by atoms with E-state index < -0.39 is 42.0 Å². The number of hydrogen-bond acceptors (Lipinski definition) is 11. The summed E-state index contributed by atoms with van der Waals surface area (Å²) in [7, 11) is 0. The van der Waals surface area contributed by atoms with Crippen molar-refractivity contribution in [1.82, 2.24) is 30.0 Å². The van der Waals surface area contributed by atoms with E-state index in [1.165, 1.54) is 34.7 Å². The normalized spacial score (nSPS) is 15.8. The molecule has 50 heavy (non-hydrogen) atoms. The van der Waals surface area contributed by atoms with Gasteiger partial charge in [0.2, 0.25) is 0 Å². The second kappa shape index (κ2) is 15.6. The molecule has 3 aromatic carbocycles. The predicted octanol–water partition coefficient (Wildman–Crippen LogP) is 5.23. The lowest BCUT2D eigenvalue weighted by Gasteiger charge is -2.38. The number of rotatable bonds is 13. The number of thiazole rings is 1. The van der Waals surface area contributed by atoms with E-state index in [1.54, 1.807) is 55.5 Å². The van der Waals surface area contributed by atoms with Crippen LogP contribution in [0.15, 0.2) is 84.8 Å². The zero-order valence-electron chi connectivity index (χ0n) is 27.0. The van der Waals surface area contributed by atoms with Gasteiger partial charge in [0.15, 0.2) is 6.79 Å². The number of benzene rings is 3. The Morgan fingerprint density at radius 1 is 1.12 bits per heavy atom. The lowest BCUT2D eigenvalue weighted by atomic mass is 9.81. The molecule has 0 saturated carbocycles. The van der Waals surface area contributed by atoms with Gasteiger partial charge in [-0.15, -0.1) is 11.3 Å². The molecule has 0 spiro atoms. The molecule has 1 fully saturated rings. The molecule has 11 nitrogen and oxygen atoms in total. The van der Waals surface area contributed by atoms with Crippen LogP contribution in [0.4, 0.5) is 8.78 Å². The van der Waals surface area contributed by atoms with Crippen LogP contribution in [0.3, 0.4) is 0 Å². The average Bonchev–Trinajstić information content (AvgIpc) is 3.85. The summed E-state index contributed by atoms with van der Waals surface area (Å²) >= 11 is 1.32. The standard InChI is InChI=1S/C36H33F2N7O4S/c1-24(34-43-32(19-50-34)26-4-2-25(17-39)3-5-26)36(20-45-22-41-21-42-45,30-11-10-29(37)16-31(30)38)49-23-48-35(47)28-8-6-27(7-9-28)33(18-46)44-14-12-40-13-15-44/h2-11,16,18-19,21-22,24,33,40H,12-15,20,23H2,1H3/t24-,33?,36+/m0/s1. The van der Waals surface area contributed by atoms with Crippen LogP contribution in [0, 0.1) is 23.0 Å². The van der Waals surface area contributed by atoms with Gasteiger partial charge in [-0.2, -0.15) is 10.4 Å². The van der Waals surface area contributed by atoms with Gasteiger partial charge in [0, 0.05) is 54.7 Å². The molecule has 3 heterocycles. The van der Waals surface area contributed by atoms with Crippen molar-refractivity contribution < 1.29 is 27.8 Å². The Hall–Kier alpha value is -5.20. The van der Waals surface area contributed by atoms with E-state index in [0.717, 1.165) is 55.7 Å². The minimum absolute atomic E-state index is 0.00485. The molecule has 3 atom stereocenters. The van der Waals surface area contributed by atoms with E-state index in [9.17, 15) is 19.2 Å². The first-order valence-corrected chi connectivity index (χ1v) is 16.7. The molecule has 1 N–H and O–H groups in total. The molecular weight excluding hydrogens is 665 g/mol. The largest absolute Gasteiger partial charge is 0.435 e. The van der Waals surface area contributed by atoms with Crippen LogP contribution in [0.2, 0.25) is 0 Å². The highest BCUT2D eigenvalue weighted by atomic mass is 32.1. The van der Waals surface area contributed by atoms with Gasteiger partial charge in [-0.05, 0) is 35.9 Å². The summed E-state index contributed by atoms with van der Waals surface area (Å²) in [5, 5.41) is 19.1. The van der Waals surface area contributed by atoms with Crippen molar-refractivity contribution in [2.75, 3.05) is 33.0 Å². The van der Waals surface area contributed by atoms with Crippen LogP contribution in [-0.4, -0.2) is 69.9 Å². The SMILES string of the molecule is C[C@@H](c1nc(-c2ccc(C#N)cc2)cs1)[C@@](Cn1cncn1)(OCOC(=O)c1ccc(C(C=O)N2CCNCC2)cc1)c1ccc(F)cc1F. The number of nitrogens with one attached hydrogen (secondary N) is 1. The maximum atomic E-state index is 15.8. The topological polar surface area (TPSA) is 135 Å². The molecule has 1 aliphatic rings. The molecule has 0 aliphatic carbocycles. The third-order valence-corrected chi connectivity index (χ3v) is 9.85. The Bertz CT molecular complexity index is 1960. The monoisotopic (exact) mass is 697 g/mol. The molecule has 1 saturated heterocycles. The summed E-state index contributed by atoms with van der Waals surface area (Å²) in [5.41, 5.74) is 1.31. The summed E-state index contributed by atoms with van der Waals surface area (Å²) in [6, 6.07) is 18.4. The van der Waals surface area contributed by atoms with E-state index in [-0.39, 0.29) is 17.7 Å². The summed E-state index contributed by atoms with van der Waals surface area (Å²) < 4.78 is 43.4. The highest BCUT2D eigenvalue weighted by molar-refractivity contribution is 7.10. The van der Waals surface area contributed by atoms with Crippen molar-refractivity contribution in [2.24, 2.45) is 0 Å². The minimum Gasteiger partial charge on any atom is -0.435 e. The Kier molecular flexibility index (Phi) is 10.8. The molecular formula is C36H33F2N7O4S. The fourth-order valence-electron chi connectivity index (χ4n) is 6.05. The Morgan fingerprint density at radius 2 is 1.88 bits per heavy atom. The summed E-state index contributed by atoms with van der Waals surface area (Å²) in [4.78, 5) is 36.1. The third-order valence-electron chi connectivity index (χ3n) is 8.82. The van der Waals surface area contributed by atoms with E-state index in [1.807, 2.05) is 5.38 Å². The summed E-state index contributed by atoms with van der Waals surface area (Å²) in [6.45, 7) is 4.14.